The largest absolute Gasteiger partial charge is 0.397 e. The summed E-state index contributed by atoms with van der Waals surface area (Å²) in [5.41, 5.74) is 7.79. The molecule has 1 unspecified atom stereocenters. The molecule has 1 rings (SSSR count). The van der Waals surface area contributed by atoms with Crippen LogP contribution >= 0.6 is 0 Å². The maximum atomic E-state index is 8.73. The van der Waals surface area contributed by atoms with E-state index in [1.54, 1.807) is 18.2 Å². The van der Waals surface area contributed by atoms with Crippen molar-refractivity contribution >= 4 is 11.4 Å². The van der Waals surface area contributed by atoms with Crippen molar-refractivity contribution in [3.63, 3.8) is 0 Å². The van der Waals surface area contributed by atoms with Crippen LogP contribution in [-0.4, -0.2) is 13.6 Å². The maximum absolute atomic E-state index is 8.73. The first-order valence-electron chi connectivity index (χ1n) is 4.99. The van der Waals surface area contributed by atoms with Crippen molar-refractivity contribution in [1.29, 1.82) is 10.5 Å². The minimum Gasteiger partial charge on any atom is -0.397 e. The summed E-state index contributed by atoms with van der Waals surface area (Å²) in [7, 11) is 1.88. The van der Waals surface area contributed by atoms with E-state index >= 15 is 0 Å². The second-order valence-electron chi connectivity index (χ2n) is 3.80. The molecular weight excluding hydrogens is 200 g/mol. The van der Waals surface area contributed by atoms with E-state index in [2.05, 4.69) is 6.07 Å². The first-order valence-corrected chi connectivity index (χ1v) is 4.99. The number of benzene rings is 1. The fraction of sp³-hybridized carbons (Fsp3) is 0.333. The van der Waals surface area contributed by atoms with E-state index in [0.29, 0.717) is 17.8 Å². The first-order chi connectivity index (χ1) is 7.58. The minimum atomic E-state index is -0.0555. The van der Waals surface area contributed by atoms with Crippen LogP contribution in [-0.2, 0) is 0 Å². The van der Waals surface area contributed by atoms with Gasteiger partial charge in [-0.2, -0.15) is 10.5 Å². The number of hydrogen-bond acceptors (Lipinski definition) is 4. The number of hydrogen-bond donors (Lipinski definition) is 1. The number of anilines is 2. The zero-order chi connectivity index (χ0) is 12.1. The van der Waals surface area contributed by atoms with Gasteiger partial charge in [-0.3, -0.25) is 0 Å². The van der Waals surface area contributed by atoms with E-state index in [1.165, 1.54) is 0 Å². The molecule has 0 spiro atoms. The lowest BCUT2D eigenvalue weighted by molar-refractivity contribution is 0.717. The highest BCUT2D eigenvalue weighted by Crippen LogP contribution is 2.23. The van der Waals surface area contributed by atoms with E-state index in [0.717, 1.165) is 5.69 Å². The monoisotopic (exact) mass is 214 g/mol. The van der Waals surface area contributed by atoms with Crippen molar-refractivity contribution < 1.29 is 0 Å². The molecular formula is C12H14N4. The van der Waals surface area contributed by atoms with Gasteiger partial charge in [0, 0.05) is 13.6 Å². The zero-order valence-electron chi connectivity index (χ0n) is 9.44. The van der Waals surface area contributed by atoms with Gasteiger partial charge in [0.05, 0.1) is 35.0 Å². The molecule has 16 heavy (non-hydrogen) atoms. The third-order valence-corrected chi connectivity index (χ3v) is 2.34. The Kier molecular flexibility index (Phi) is 3.74. The standard InChI is InChI=1S/C12H14N4/c1-9(6-13)8-16(2)12-4-3-10(7-14)5-11(12)15/h3-5,9H,8,15H2,1-2H3. The SMILES string of the molecule is CC(C#N)CN(C)c1ccc(C#N)cc1N. The van der Waals surface area contributed by atoms with E-state index in [-0.39, 0.29) is 5.92 Å². The third kappa shape index (κ3) is 2.65. The molecule has 1 atom stereocenters. The zero-order valence-corrected chi connectivity index (χ0v) is 9.44. The molecule has 4 heteroatoms. The Hall–Kier alpha value is -2.20. The summed E-state index contributed by atoms with van der Waals surface area (Å²) in [5, 5.41) is 17.4. The van der Waals surface area contributed by atoms with Crippen molar-refractivity contribution in [1.82, 2.24) is 0 Å². The van der Waals surface area contributed by atoms with Crippen LogP contribution in [0, 0.1) is 28.6 Å². The number of rotatable bonds is 3. The molecule has 0 bridgehead atoms. The molecule has 0 amide bonds. The molecule has 0 radical (unpaired) electrons. The van der Waals surface area contributed by atoms with Crippen molar-refractivity contribution in [2.24, 2.45) is 5.92 Å². The Bertz CT molecular complexity index is 453. The van der Waals surface area contributed by atoms with Crippen LogP contribution in [0.5, 0.6) is 0 Å². The van der Waals surface area contributed by atoms with Crippen LogP contribution in [0.25, 0.3) is 0 Å². The molecule has 0 saturated heterocycles. The summed E-state index contributed by atoms with van der Waals surface area (Å²) in [4.78, 5) is 1.92. The number of nitrogen functional groups attached to an aromatic ring is 1. The number of nitrogens with two attached hydrogens (primary N) is 1. The van der Waals surface area contributed by atoms with Gasteiger partial charge in [0.1, 0.15) is 0 Å². The van der Waals surface area contributed by atoms with Crippen molar-refractivity contribution in [3.05, 3.63) is 23.8 Å². The van der Waals surface area contributed by atoms with Crippen LogP contribution < -0.4 is 10.6 Å². The molecule has 0 aliphatic heterocycles. The quantitative estimate of drug-likeness (QED) is 0.777. The summed E-state index contributed by atoms with van der Waals surface area (Å²) < 4.78 is 0. The fourth-order valence-corrected chi connectivity index (χ4v) is 1.52. The van der Waals surface area contributed by atoms with Gasteiger partial charge in [0.25, 0.3) is 0 Å². The van der Waals surface area contributed by atoms with Gasteiger partial charge in [0.15, 0.2) is 0 Å². The van der Waals surface area contributed by atoms with Gasteiger partial charge in [-0.15, -0.1) is 0 Å². The smallest absolute Gasteiger partial charge is 0.0992 e. The molecule has 82 valence electrons. The summed E-state index contributed by atoms with van der Waals surface area (Å²) in [6.07, 6.45) is 0. The van der Waals surface area contributed by atoms with E-state index in [9.17, 15) is 0 Å². The Morgan fingerprint density at radius 2 is 2.12 bits per heavy atom. The third-order valence-electron chi connectivity index (χ3n) is 2.34. The van der Waals surface area contributed by atoms with Crippen LogP contribution in [0.1, 0.15) is 12.5 Å². The number of nitriles is 2. The summed E-state index contributed by atoms with van der Waals surface area (Å²) in [5.74, 6) is -0.0555. The van der Waals surface area contributed by atoms with Gasteiger partial charge in [-0.25, -0.2) is 0 Å². The van der Waals surface area contributed by atoms with Gasteiger partial charge in [-0.05, 0) is 25.1 Å². The molecule has 0 fully saturated rings. The highest BCUT2D eigenvalue weighted by Gasteiger charge is 2.09. The van der Waals surface area contributed by atoms with Crippen LogP contribution in [0.3, 0.4) is 0 Å². The van der Waals surface area contributed by atoms with Crippen molar-refractivity contribution in [3.8, 4) is 12.1 Å². The highest BCUT2D eigenvalue weighted by atomic mass is 15.1. The van der Waals surface area contributed by atoms with Crippen LogP contribution in [0.4, 0.5) is 11.4 Å². The molecule has 1 aromatic rings. The highest BCUT2D eigenvalue weighted by molar-refractivity contribution is 5.69. The minimum absolute atomic E-state index is 0.0555. The lowest BCUT2D eigenvalue weighted by atomic mass is 10.1. The van der Waals surface area contributed by atoms with Crippen molar-refractivity contribution in [2.75, 3.05) is 24.2 Å². The maximum Gasteiger partial charge on any atom is 0.0992 e. The lowest BCUT2D eigenvalue weighted by Gasteiger charge is -2.22. The molecule has 0 heterocycles. The second kappa shape index (κ2) is 5.04. The Labute approximate surface area is 95.5 Å². The molecule has 0 aromatic heterocycles. The van der Waals surface area contributed by atoms with E-state index < -0.39 is 0 Å². The molecule has 4 nitrogen and oxygen atoms in total. The first kappa shape index (κ1) is 11.9. The molecule has 0 aliphatic rings. The Morgan fingerprint density at radius 1 is 1.44 bits per heavy atom. The summed E-state index contributed by atoms with van der Waals surface area (Å²) in [6, 6.07) is 9.37. The molecule has 1 aromatic carbocycles. The van der Waals surface area contributed by atoms with Gasteiger partial charge in [-0.1, -0.05) is 0 Å². The normalized spacial score (nSPS) is 11.2. The predicted octanol–water partition coefficient (Wildman–Crippen LogP) is 1.74. The van der Waals surface area contributed by atoms with Crippen molar-refractivity contribution in [2.45, 2.75) is 6.92 Å². The van der Waals surface area contributed by atoms with Crippen LogP contribution in [0.2, 0.25) is 0 Å². The lowest BCUT2D eigenvalue weighted by Crippen LogP contribution is -2.24. The topological polar surface area (TPSA) is 76.8 Å². The van der Waals surface area contributed by atoms with Crippen LogP contribution in [0.15, 0.2) is 18.2 Å². The molecule has 0 saturated carbocycles. The summed E-state index contributed by atoms with van der Waals surface area (Å²) >= 11 is 0. The Balaban J connectivity index is 2.89. The average molecular weight is 214 g/mol. The number of nitrogens with zero attached hydrogens (tertiary/aromatic N) is 3. The second-order valence-corrected chi connectivity index (χ2v) is 3.80. The predicted molar refractivity (Wildman–Crippen MR) is 63.6 cm³/mol. The van der Waals surface area contributed by atoms with Gasteiger partial charge in [0.2, 0.25) is 0 Å². The van der Waals surface area contributed by atoms with Gasteiger partial charge >= 0.3 is 0 Å². The fourth-order valence-electron chi connectivity index (χ4n) is 1.52. The Morgan fingerprint density at radius 3 is 2.62 bits per heavy atom. The molecule has 2 N–H and O–H groups in total. The summed E-state index contributed by atoms with van der Waals surface area (Å²) in [6.45, 7) is 2.48. The molecule has 0 aliphatic carbocycles. The van der Waals surface area contributed by atoms with Gasteiger partial charge < -0.3 is 10.6 Å². The van der Waals surface area contributed by atoms with E-state index in [1.807, 2.05) is 24.9 Å². The van der Waals surface area contributed by atoms with E-state index in [4.69, 9.17) is 16.3 Å². The average Bonchev–Trinajstić information content (AvgIpc) is 2.28.